The fourth-order valence-electron chi connectivity index (χ4n) is 0. The molecule has 85 heavy (non-hydrogen) atoms. The molecule has 0 saturated carbocycles. The van der Waals surface area contributed by atoms with Crippen LogP contribution in [0.5, 0.6) is 0 Å². The summed E-state index contributed by atoms with van der Waals surface area (Å²) in [6, 6.07) is 0. The first kappa shape index (κ1) is 612. The molecule has 0 N–H and O–H groups in total. The summed E-state index contributed by atoms with van der Waals surface area (Å²) in [4.78, 5) is 0. The Balaban J connectivity index is 0. The maximum atomic E-state index is 0. The second-order valence-corrected chi connectivity index (χ2v) is 0. The smallest absolute Gasteiger partial charge is 2.00 e. The van der Waals surface area contributed by atoms with Crippen LogP contribution in [0.2, 0.25) is 0 Å². The first-order valence-electron chi connectivity index (χ1n) is 0. The Labute approximate surface area is 3070 Å². The molecule has 0 aliphatic carbocycles. The van der Waals surface area contributed by atoms with Gasteiger partial charge in [0.05, 0.1) is 0 Å². The van der Waals surface area contributed by atoms with Crippen molar-refractivity contribution in [3.8, 4) is 0 Å². The molecule has 0 valence electrons. The third-order valence-corrected chi connectivity index (χ3v) is 0. The maximum absolute atomic E-state index is 0. The van der Waals surface area contributed by atoms with Crippen LogP contribution in [-0.2, 0) is 0 Å². The van der Waals surface area contributed by atoms with Crippen molar-refractivity contribution in [3.63, 3.8) is 0 Å². The van der Waals surface area contributed by atoms with Gasteiger partial charge in [-0.05, 0) is 0 Å². The van der Waals surface area contributed by atoms with Gasteiger partial charge in [-0.25, -0.2) is 0 Å². The summed E-state index contributed by atoms with van der Waals surface area (Å²) in [5, 5.41) is 0. The topological polar surface area (TPSA) is 0 Å². The van der Waals surface area contributed by atoms with Crippen LogP contribution in [0.3, 0.4) is 0 Å². The number of rotatable bonds is 0. The minimum absolute atomic E-state index is 0. The predicted molar refractivity (Wildman–Crippen MR) is 489 cm³/mol. The molecule has 0 rings (SSSR count). The van der Waals surface area contributed by atoms with Gasteiger partial charge in [-0.15, -0.1) is 0 Å². The van der Waals surface area contributed by atoms with Gasteiger partial charge in [-0.1, -0.05) is 0 Å². The monoisotopic (exact) mass is 3400 g/mol. The van der Waals surface area contributed by atoms with Crippen molar-refractivity contribution in [3.05, 3.63) is 0 Å². The molecule has 0 bridgehead atoms. The summed E-state index contributed by atoms with van der Waals surface area (Å²) >= 11 is 0. The van der Waals surface area contributed by atoms with Crippen LogP contribution >= 0.6 is 0 Å². The van der Waals surface area contributed by atoms with Crippen molar-refractivity contribution >= 4 is 3210 Å². The Bertz CT molecular complexity index is 0. The van der Waals surface area contributed by atoms with E-state index in [2.05, 4.69) is 0 Å². The molecule has 0 fully saturated rings. The number of hydrogen-bond acceptors (Lipinski definition) is 0. The predicted octanol–water partition coefficient (Wildman–Crippen LogP) is -32.4. The van der Waals surface area contributed by atoms with E-state index >= 15 is 0 Å². The van der Waals surface area contributed by atoms with Crippen molar-refractivity contribution in [2.45, 2.75) is 0 Å². The Morgan fingerprint density at radius 1 is 0.0118 bits per heavy atom. The average molecular weight is 3410 g/mol. The third kappa shape index (κ3) is 596. The first-order valence-corrected chi connectivity index (χ1v) is 0. The second kappa shape index (κ2) is 602. The molecular formula is Ca85+170. The molecule has 0 aromatic heterocycles. The van der Waals surface area contributed by atoms with E-state index in [1.165, 1.54) is 0 Å². The van der Waals surface area contributed by atoms with Gasteiger partial charge in [-0.3, -0.25) is 0 Å². The minimum atomic E-state index is 0. The van der Waals surface area contributed by atoms with Crippen molar-refractivity contribution in [1.82, 2.24) is 0 Å². The summed E-state index contributed by atoms with van der Waals surface area (Å²) in [5.74, 6) is 0. The maximum Gasteiger partial charge on any atom is 2.00 e. The zero-order valence-corrected chi connectivity index (χ0v) is 248. The van der Waals surface area contributed by atoms with Crippen molar-refractivity contribution < 1.29 is 0 Å². The summed E-state index contributed by atoms with van der Waals surface area (Å²) in [5.41, 5.74) is 0. The van der Waals surface area contributed by atoms with Crippen LogP contribution in [0, 0.1) is 0 Å². The molecule has 0 radical (unpaired) electrons. The average Bonchev–Trinajstić information content (AvgIpc) is 0. The second-order valence-electron chi connectivity index (χ2n) is 0. The van der Waals surface area contributed by atoms with Gasteiger partial charge in [0.2, 0.25) is 0 Å². The van der Waals surface area contributed by atoms with Gasteiger partial charge < -0.3 is 0 Å². The van der Waals surface area contributed by atoms with E-state index in [1.54, 1.807) is 0 Å². The van der Waals surface area contributed by atoms with Gasteiger partial charge in [0.25, 0.3) is 0 Å². The van der Waals surface area contributed by atoms with E-state index in [0.717, 1.165) is 0 Å². The van der Waals surface area contributed by atoms with Gasteiger partial charge >= 0.3 is 3210 Å². The molecule has 0 heterocycles. The van der Waals surface area contributed by atoms with Gasteiger partial charge in [-0.2, -0.15) is 0 Å². The molecule has 0 unspecified atom stereocenters. The standard InChI is InChI=1S/85Ca/q85*+2. The summed E-state index contributed by atoms with van der Waals surface area (Å²) in [6.07, 6.45) is 0. The minimum Gasteiger partial charge on any atom is 2.00 e. The van der Waals surface area contributed by atoms with Crippen molar-refractivity contribution in [1.29, 1.82) is 0 Å². The van der Waals surface area contributed by atoms with Crippen LogP contribution in [0.4, 0.5) is 0 Å². The molecule has 0 nitrogen and oxygen atoms in total. The first-order chi connectivity index (χ1) is 0. The van der Waals surface area contributed by atoms with Crippen molar-refractivity contribution in [2.24, 2.45) is 0 Å². The van der Waals surface area contributed by atoms with Gasteiger partial charge in [0, 0.05) is 0 Å². The Kier molecular flexibility index (Phi) is 4330. The molecule has 0 aliphatic rings. The Morgan fingerprint density at radius 3 is 0.0118 bits per heavy atom. The van der Waals surface area contributed by atoms with Gasteiger partial charge in [0.1, 0.15) is 0 Å². The number of hydrogen-bond donors (Lipinski definition) is 0. The fourth-order valence-corrected chi connectivity index (χ4v) is 0. The van der Waals surface area contributed by atoms with E-state index in [-0.39, 0.29) is 3210 Å². The van der Waals surface area contributed by atoms with E-state index in [4.69, 9.17) is 0 Å². The van der Waals surface area contributed by atoms with Crippen LogP contribution in [0.25, 0.3) is 0 Å². The fraction of sp³-hybridized carbons (Fsp3) is 0. The van der Waals surface area contributed by atoms with Crippen LogP contribution < -0.4 is 0 Å². The van der Waals surface area contributed by atoms with Crippen LogP contribution in [-0.4, -0.2) is 3210 Å². The SMILES string of the molecule is [Ca+2].[Ca+2].[Ca+2].[Ca+2].[Ca+2].[Ca+2].[Ca+2].[Ca+2].[Ca+2].[Ca+2].[Ca+2].[Ca+2].[Ca+2].[Ca+2].[Ca+2].[Ca+2].[Ca+2].[Ca+2].[Ca+2].[Ca+2].[Ca+2].[Ca+2].[Ca+2].[Ca+2].[Ca+2].[Ca+2].[Ca+2].[Ca+2].[Ca+2].[Ca+2].[Ca+2].[Ca+2].[Ca+2].[Ca+2].[Ca+2].[Ca+2].[Ca+2].[Ca+2].[Ca+2].[Ca+2].[Ca+2].[Ca+2].[Ca+2].[Ca+2].[Ca+2].[Ca+2].[Ca+2].[Ca+2].[Ca+2].[Ca+2].[Ca+2].[Ca+2].[Ca+2].[Ca+2].[Ca+2].[Ca+2].[Ca+2].[Ca+2].[Ca+2].[Ca+2].[Ca+2].[Ca+2].[Ca+2].[Ca+2].[Ca+2].[Ca+2].[Ca+2].[Ca+2].[Ca+2].[Ca+2].[Ca+2].[Ca+2].[Ca+2].[Ca+2].[Ca+2].[Ca+2].[Ca+2].[Ca+2].[Ca+2].[Ca+2].[Ca+2].[Ca+2].[Ca+2].[Ca+2].[Ca+2]. The zero-order valence-electron chi connectivity index (χ0n) is 60.1. The van der Waals surface area contributed by atoms with Crippen LogP contribution in [0.15, 0.2) is 0 Å². The third-order valence-electron chi connectivity index (χ3n) is 0. The molecule has 0 atom stereocenters. The molecule has 0 aromatic rings. The molecule has 0 aliphatic heterocycles. The van der Waals surface area contributed by atoms with E-state index in [0.29, 0.717) is 0 Å². The molecule has 0 spiro atoms. The molecule has 0 aromatic carbocycles. The molecule has 0 saturated heterocycles. The van der Waals surface area contributed by atoms with E-state index < -0.39 is 0 Å². The summed E-state index contributed by atoms with van der Waals surface area (Å²) in [7, 11) is 0. The zero-order chi connectivity index (χ0) is 0. The van der Waals surface area contributed by atoms with Crippen LogP contribution in [0.1, 0.15) is 0 Å². The molecule has 85 heteroatoms. The van der Waals surface area contributed by atoms with Crippen molar-refractivity contribution in [2.75, 3.05) is 0 Å². The Hall–Kier alpha value is 107. The molecular weight excluding hydrogens is 3410 g/mol. The largest absolute Gasteiger partial charge is 2.00 e. The summed E-state index contributed by atoms with van der Waals surface area (Å²) < 4.78 is 0. The summed E-state index contributed by atoms with van der Waals surface area (Å²) in [6.45, 7) is 0. The van der Waals surface area contributed by atoms with E-state index in [9.17, 15) is 0 Å². The van der Waals surface area contributed by atoms with Gasteiger partial charge in [0.15, 0.2) is 0 Å². The quantitative estimate of drug-likeness (QED) is 0.212. The van der Waals surface area contributed by atoms with E-state index in [1.807, 2.05) is 0 Å². The normalized spacial score (nSPS) is 0. The molecule has 0 amide bonds. The Morgan fingerprint density at radius 2 is 0.0118 bits per heavy atom.